The molecular weight excluding hydrogens is 298 g/mol. The molecule has 0 bridgehead atoms. The topological polar surface area (TPSA) is 52.3 Å². The Labute approximate surface area is 149 Å². The highest BCUT2D eigenvalue weighted by atomic mass is 16.5. The zero-order valence-electron chi connectivity index (χ0n) is 15.8. The Morgan fingerprint density at radius 3 is 2.00 bits per heavy atom. The van der Waals surface area contributed by atoms with Gasteiger partial charge in [0.05, 0.1) is 6.10 Å². The molecule has 2 rings (SSSR count). The first kappa shape index (κ1) is 21.4. The van der Waals surface area contributed by atoms with Gasteiger partial charge >= 0.3 is 0 Å². The molecule has 2 fully saturated rings. The standard InChI is InChI=1S/C18H35NO.C3H4O/c1-2-3-4-5-14-20-18-12-8-16(9-13-18)15-6-10-17(19)11-7-15;1-2-3-4/h15-18H,2-14,19H2,1H3;2-3H,1H2. The van der Waals surface area contributed by atoms with Crippen LogP contribution in [0, 0.1) is 11.8 Å². The van der Waals surface area contributed by atoms with Gasteiger partial charge in [-0.05, 0) is 75.7 Å². The number of hydrogen-bond donors (Lipinski definition) is 1. The summed E-state index contributed by atoms with van der Waals surface area (Å²) in [5.41, 5.74) is 6.02. The van der Waals surface area contributed by atoms with Gasteiger partial charge in [0, 0.05) is 12.6 Å². The van der Waals surface area contributed by atoms with E-state index in [1.807, 2.05) is 0 Å². The van der Waals surface area contributed by atoms with E-state index < -0.39 is 0 Å². The van der Waals surface area contributed by atoms with Crippen molar-refractivity contribution < 1.29 is 9.53 Å². The number of allylic oxidation sites excluding steroid dienone is 1. The van der Waals surface area contributed by atoms with Crippen LogP contribution >= 0.6 is 0 Å². The van der Waals surface area contributed by atoms with E-state index in [0.717, 1.165) is 18.4 Å². The highest BCUT2D eigenvalue weighted by molar-refractivity contribution is 5.63. The third kappa shape index (κ3) is 8.98. The lowest BCUT2D eigenvalue weighted by atomic mass is 9.72. The molecule has 0 aliphatic heterocycles. The Hall–Kier alpha value is -0.670. The minimum Gasteiger partial charge on any atom is -0.378 e. The summed E-state index contributed by atoms with van der Waals surface area (Å²) in [6.45, 7) is 6.37. The first-order valence-corrected chi connectivity index (χ1v) is 10.1. The third-order valence-electron chi connectivity index (χ3n) is 5.65. The minimum absolute atomic E-state index is 0.494. The molecule has 2 aliphatic carbocycles. The van der Waals surface area contributed by atoms with Crippen LogP contribution in [0.15, 0.2) is 12.7 Å². The van der Waals surface area contributed by atoms with Crippen molar-refractivity contribution in [2.45, 2.75) is 96.1 Å². The average Bonchev–Trinajstić information content (AvgIpc) is 2.63. The fraction of sp³-hybridized carbons (Fsp3) is 0.857. The lowest BCUT2D eigenvalue weighted by Gasteiger charge is -2.37. The first-order chi connectivity index (χ1) is 11.7. The summed E-state index contributed by atoms with van der Waals surface area (Å²) in [6.07, 6.45) is 18.4. The van der Waals surface area contributed by atoms with E-state index >= 15 is 0 Å². The summed E-state index contributed by atoms with van der Waals surface area (Å²) in [6, 6.07) is 0.494. The molecule has 0 aromatic carbocycles. The number of carbonyl (C=O) groups is 1. The normalized spacial score (nSPS) is 30.1. The first-order valence-electron chi connectivity index (χ1n) is 10.1. The molecule has 2 aliphatic rings. The number of unbranched alkanes of at least 4 members (excludes halogenated alkanes) is 3. The Bertz CT molecular complexity index is 310. The van der Waals surface area contributed by atoms with E-state index in [1.54, 1.807) is 0 Å². The molecule has 140 valence electrons. The maximum atomic E-state index is 9.06. The van der Waals surface area contributed by atoms with E-state index in [-0.39, 0.29) is 0 Å². The van der Waals surface area contributed by atoms with Gasteiger partial charge in [-0.1, -0.05) is 32.8 Å². The number of nitrogens with two attached hydrogens (primary N) is 1. The predicted molar refractivity (Wildman–Crippen MR) is 102 cm³/mol. The molecule has 3 heteroatoms. The SMILES string of the molecule is C=CC=O.CCCCCCOC1CCC(C2CCC(N)CC2)CC1. The number of carbonyl (C=O) groups excluding carboxylic acids is 1. The molecule has 0 spiro atoms. The van der Waals surface area contributed by atoms with Gasteiger partial charge in [-0.25, -0.2) is 0 Å². The fourth-order valence-electron chi connectivity index (χ4n) is 4.12. The van der Waals surface area contributed by atoms with Crippen molar-refractivity contribution in [2.24, 2.45) is 17.6 Å². The molecule has 24 heavy (non-hydrogen) atoms. The fourth-order valence-corrected chi connectivity index (χ4v) is 4.12. The molecule has 0 aromatic rings. The molecule has 0 radical (unpaired) electrons. The molecule has 0 atom stereocenters. The lowest BCUT2D eigenvalue weighted by molar-refractivity contribution is -0.104. The molecule has 0 aromatic heterocycles. The van der Waals surface area contributed by atoms with Gasteiger partial charge < -0.3 is 10.5 Å². The van der Waals surface area contributed by atoms with Gasteiger partial charge in [0.25, 0.3) is 0 Å². The molecule has 0 heterocycles. The largest absolute Gasteiger partial charge is 0.378 e. The summed E-state index contributed by atoms with van der Waals surface area (Å²) < 4.78 is 6.06. The molecule has 2 saturated carbocycles. The van der Waals surface area contributed by atoms with Crippen molar-refractivity contribution in [2.75, 3.05) is 6.61 Å². The summed E-state index contributed by atoms with van der Waals surface area (Å²) in [4.78, 5) is 9.06. The molecule has 3 nitrogen and oxygen atoms in total. The van der Waals surface area contributed by atoms with Crippen molar-refractivity contribution in [3.8, 4) is 0 Å². The van der Waals surface area contributed by atoms with Crippen LogP contribution in [0.4, 0.5) is 0 Å². The highest BCUT2D eigenvalue weighted by Gasteiger charge is 2.30. The quantitative estimate of drug-likeness (QED) is 0.384. The number of hydrogen-bond acceptors (Lipinski definition) is 3. The van der Waals surface area contributed by atoms with Crippen molar-refractivity contribution >= 4 is 6.29 Å². The second-order valence-corrected chi connectivity index (χ2v) is 7.51. The Kier molecular flexibility index (Phi) is 12.1. The molecular formula is C21H39NO2. The molecule has 0 amide bonds. The predicted octanol–water partition coefficient (Wildman–Crippen LogP) is 5.03. The number of ether oxygens (including phenoxy) is 1. The van der Waals surface area contributed by atoms with E-state index in [2.05, 4.69) is 13.5 Å². The zero-order chi connectivity index (χ0) is 17.6. The smallest absolute Gasteiger partial charge is 0.142 e. The van der Waals surface area contributed by atoms with E-state index in [4.69, 9.17) is 15.3 Å². The van der Waals surface area contributed by atoms with E-state index in [0.29, 0.717) is 18.4 Å². The molecule has 0 saturated heterocycles. The van der Waals surface area contributed by atoms with Crippen LogP contribution in [-0.4, -0.2) is 25.0 Å². The number of aldehydes is 1. The van der Waals surface area contributed by atoms with Gasteiger partial charge in [-0.15, -0.1) is 0 Å². The van der Waals surface area contributed by atoms with Crippen LogP contribution in [0.3, 0.4) is 0 Å². The second kappa shape index (κ2) is 13.6. The van der Waals surface area contributed by atoms with Crippen LogP contribution < -0.4 is 5.73 Å². The van der Waals surface area contributed by atoms with Crippen molar-refractivity contribution in [3.05, 3.63) is 12.7 Å². The summed E-state index contributed by atoms with van der Waals surface area (Å²) in [5, 5.41) is 0. The van der Waals surface area contributed by atoms with E-state index in [1.165, 1.54) is 83.1 Å². The minimum atomic E-state index is 0.494. The summed E-state index contributed by atoms with van der Waals surface area (Å²) in [5.74, 6) is 1.95. The Balaban J connectivity index is 0.000000648. The van der Waals surface area contributed by atoms with Crippen molar-refractivity contribution in [1.29, 1.82) is 0 Å². The van der Waals surface area contributed by atoms with Gasteiger partial charge in [0.15, 0.2) is 0 Å². The molecule has 2 N–H and O–H groups in total. The van der Waals surface area contributed by atoms with Crippen LogP contribution in [-0.2, 0) is 9.53 Å². The maximum absolute atomic E-state index is 9.06. The van der Waals surface area contributed by atoms with Crippen LogP contribution in [0.5, 0.6) is 0 Å². The summed E-state index contributed by atoms with van der Waals surface area (Å²) >= 11 is 0. The average molecular weight is 338 g/mol. The highest BCUT2D eigenvalue weighted by Crippen LogP contribution is 2.38. The molecule has 0 unspecified atom stereocenters. The van der Waals surface area contributed by atoms with Gasteiger partial charge in [-0.3, -0.25) is 4.79 Å². The Morgan fingerprint density at radius 2 is 1.50 bits per heavy atom. The Morgan fingerprint density at radius 1 is 0.958 bits per heavy atom. The van der Waals surface area contributed by atoms with Crippen molar-refractivity contribution in [3.63, 3.8) is 0 Å². The maximum Gasteiger partial charge on any atom is 0.142 e. The van der Waals surface area contributed by atoms with Gasteiger partial charge in [0.2, 0.25) is 0 Å². The monoisotopic (exact) mass is 337 g/mol. The zero-order valence-corrected chi connectivity index (χ0v) is 15.8. The lowest BCUT2D eigenvalue weighted by Crippen LogP contribution is -2.32. The van der Waals surface area contributed by atoms with Crippen LogP contribution in [0.1, 0.15) is 84.0 Å². The number of rotatable bonds is 8. The summed E-state index contributed by atoms with van der Waals surface area (Å²) in [7, 11) is 0. The van der Waals surface area contributed by atoms with E-state index in [9.17, 15) is 0 Å². The second-order valence-electron chi connectivity index (χ2n) is 7.51. The van der Waals surface area contributed by atoms with Gasteiger partial charge in [0.1, 0.15) is 6.29 Å². The van der Waals surface area contributed by atoms with Crippen LogP contribution in [0.25, 0.3) is 0 Å². The van der Waals surface area contributed by atoms with Crippen LogP contribution in [0.2, 0.25) is 0 Å². The van der Waals surface area contributed by atoms with Gasteiger partial charge in [-0.2, -0.15) is 0 Å². The third-order valence-corrected chi connectivity index (χ3v) is 5.65. The van der Waals surface area contributed by atoms with Crippen molar-refractivity contribution in [1.82, 2.24) is 0 Å².